The van der Waals surface area contributed by atoms with E-state index < -0.39 is 16.6 Å². The minimum atomic E-state index is -1.56. The molecule has 3 nitrogen and oxygen atoms in total. The first-order valence-electron chi connectivity index (χ1n) is 4.87. The molecule has 0 aliphatic heterocycles. The van der Waals surface area contributed by atoms with Crippen LogP contribution in [0.3, 0.4) is 0 Å². The number of Topliss-reactive ketones (excluding diaryl/α,β-unsaturated/α-hetero) is 1. The van der Waals surface area contributed by atoms with Crippen molar-refractivity contribution in [3.63, 3.8) is 0 Å². The van der Waals surface area contributed by atoms with Crippen LogP contribution in [-0.2, 0) is 10.8 Å². The normalized spacial score (nSPS) is 12.3. The monoisotopic (exact) mass is 252 g/mol. The highest BCUT2D eigenvalue weighted by Gasteiger charge is 2.14. The second kappa shape index (κ2) is 5.05. The van der Waals surface area contributed by atoms with E-state index in [-0.39, 0.29) is 17.3 Å². The Labute approximate surface area is 99.7 Å². The Balaban J connectivity index is 2.10. The van der Waals surface area contributed by atoms with Gasteiger partial charge in [-0.05, 0) is 30.3 Å². The summed E-state index contributed by atoms with van der Waals surface area (Å²) < 4.78 is 29.6. The van der Waals surface area contributed by atoms with Crippen LogP contribution < -0.4 is 0 Å². The van der Waals surface area contributed by atoms with Crippen molar-refractivity contribution in [2.45, 2.75) is 4.90 Å². The van der Waals surface area contributed by atoms with Crippen LogP contribution in [0, 0.1) is 5.82 Å². The molecule has 0 aliphatic rings. The van der Waals surface area contributed by atoms with Crippen molar-refractivity contribution in [3.8, 4) is 0 Å². The summed E-state index contributed by atoms with van der Waals surface area (Å²) in [6.07, 6.45) is 1.37. The molecule has 0 radical (unpaired) electrons. The van der Waals surface area contributed by atoms with Gasteiger partial charge in [0.05, 0.1) is 22.8 Å². The van der Waals surface area contributed by atoms with Crippen molar-refractivity contribution >= 4 is 16.6 Å². The first kappa shape index (κ1) is 11.7. The van der Waals surface area contributed by atoms with Crippen molar-refractivity contribution in [3.05, 3.63) is 54.2 Å². The number of hydrogen-bond donors (Lipinski definition) is 0. The lowest BCUT2D eigenvalue weighted by atomic mass is 10.3. The van der Waals surface area contributed by atoms with Crippen molar-refractivity contribution in [2.24, 2.45) is 0 Å². The molecule has 5 heteroatoms. The van der Waals surface area contributed by atoms with E-state index in [4.69, 9.17) is 4.42 Å². The van der Waals surface area contributed by atoms with Crippen LogP contribution in [-0.4, -0.2) is 15.7 Å². The average molecular weight is 252 g/mol. The number of halogens is 1. The third kappa shape index (κ3) is 2.88. The van der Waals surface area contributed by atoms with E-state index >= 15 is 0 Å². The Morgan fingerprint density at radius 1 is 1.29 bits per heavy atom. The molecule has 0 N–H and O–H groups in total. The van der Waals surface area contributed by atoms with Gasteiger partial charge in [0.2, 0.25) is 5.78 Å². The van der Waals surface area contributed by atoms with Crippen LogP contribution in [0.5, 0.6) is 0 Å². The van der Waals surface area contributed by atoms with Crippen LogP contribution in [0.25, 0.3) is 0 Å². The molecule has 88 valence electrons. The maximum Gasteiger partial charge on any atom is 0.210 e. The molecule has 0 aliphatic carbocycles. The summed E-state index contributed by atoms with van der Waals surface area (Å²) in [5, 5.41) is 0. The lowest BCUT2D eigenvalue weighted by Crippen LogP contribution is -2.10. The number of furan rings is 1. The second-order valence-electron chi connectivity index (χ2n) is 3.35. The summed E-state index contributed by atoms with van der Waals surface area (Å²) in [6.45, 7) is 0. The zero-order chi connectivity index (χ0) is 12.3. The number of hydrogen-bond acceptors (Lipinski definition) is 3. The fraction of sp³-hybridized carbons (Fsp3) is 0.0833. The van der Waals surface area contributed by atoms with Crippen LogP contribution >= 0.6 is 0 Å². The van der Waals surface area contributed by atoms with E-state index in [2.05, 4.69) is 0 Å². The lowest BCUT2D eigenvalue weighted by molar-refractivity contribution is 0.0991. The molecule has 0 bridgehead atoms. The average Bonchev–Trinajstić information content (AvgIpc) is 2.82. The lowest BCUT2D eigenvalue weighted by Gasteiger charge is -2.00. The van der Waals surface area contributed by atoms with Gasteiger partial charge in [0.1, 0.15) is 5.82 Å². The molecule has 1 atom stereocenters. The molecule has 1 heterocycles. The van der Waals surface area contributed by atoms with Gasteiger partial charge in [-0.15, -0.1) is 0 Å². The predicted molar refractivity (Wildman–Crippen MR) is 60.7 cm³/mol. The van der Waals surface area contributed by atoms with E-state index in [1.165, 1.54) is 30.5 Å². The summed E-state index contributed by atoms with van der Waals surface area (Å²) in [7, 11) is -1.56. The summed E-state index contributed by atoms with van der Waals surface area (Å²) in [5.74, 6) is -0.884. The summed E-state index contributed by atoms with van der Waals surface area (Å²) in [4.78, 5) is 11.9. The van der Waals surface area contributed by atoms with Gasteiger partial charge in [0, 0.05) is 4.90 Å². The quantitative estimate of drug-likeness (QED) is 0.785. The van der Waals surface area contributed by atoms with Crippen molar-refractivity contribution in [1.82, 2.24) is 0 Å². The highest BCUT2D eigenvalue weighted by Crippen LogP contribution is 2.11. The molecule has 17 heavy (non-hydrogen) atoms. The number of carbonyl (C=O) groups excluding carboxylic acids is 1. The van der Waals surface area contributed by atoms with Crippen molar-refractivity contribution < 1.29 is 17.8 Å². The zero-order valence-corrected chi connectivity index (χ0v) is 9.58. The van der Waals surface area contributed by atoms with Crippen LogP contribution in [0.4, 0.5) is 4.39 Å². The van der Waals surface area contributed by atoms with Crippen LogP contribution in [0.2, 0.25) is 0 Å². The molecule has 0 fully saturated rings. The Hall–Kier alpha value is -1.75. The first-order valence-corrected chi connectivity index (χ1v) is 6.19. The molecule has 2 rings (SSSR count). The van der Waals surface area contributed by atoms with Gasteiger partial charge < -0.3 is 4.42 Å². The highest BCUT2D eigenvalue weighted by atomic mass is 32.2. The molecular formula is C12H9FO3S. The minimum Gasteiger partial charge on any atom is -0.461 e. The van der Waals surface area contributed by atoms with Gasteiger partial charge in [0.15, 0.2) is 5.76 Å². The third-order valence-corrected chi connectivity index (χ3v) is 3.42. The highest BCUT2D eigenvalue weighted by molar-refractivity contribution is 7.85. The van der Waals surface area contributed by atoms with Crippen LogP contribution in [0.1, 0.15) is 10.6 Å². The molecular weight excluding hydrogens is 243 g/mol. The Morgan fingerprint density at radius 3 is 2.76 bits per heavy atom. The van der Waals surface area contributed by atoms with Gasteiger partial charge >= 0.3 is 0 Å². The Morgan fingerprint density at radius 2 is 2.12 bits per heavy atom. The van der Waals surface area contributed by atoms with Gasteiger partial charge in [-0.3, -0.25) is 9.00 Å². The maximum absolute atomic E-state index is 12.9. The first-order chi connectivity index (χ1) is 8.16. The molecule has 1 aromatic carbocycles. The molecule has 1 aromatic heterocycles. The van der Waals surface area contributed by atoms with Crippen molar-refractivity contribution in [2.75, 3.05) is 5.75 Å². The number of benzene rings is 1. The molecule has 2 aromatic rings. The third-order valence-electron chi connectivity index (χ3n) is 2.12. The minimum absolute atomic E-state index is 0.162. The van der Waals surface area contributed by atoms with Crippen LogP contribution in [0.15, 0.2) is 52.0 Å². The van der Waals surface area contributed by atoms with E-state index in [9.17, 15) is 13.4 Å². The SMILES string of the molecule is O=C(CS(=O)c1cccc(F)c1)c1ccco1. The number of ketones is 1. The second-order valence-corrected chi connectivity index (χ2v) is 4.80. The molecule has 0 saturated heterocycles. The molecule has 1 unspecified atom stereocenters. The van der Waals surface area contributed by atoms with E-state index in [0.717, 1.165) is 6.07 Å². The maximum atomic E-state index is 12.9. The van der Waals surface area contributed by atoms with E-state index in [1.807, 2.05) is 0 Å². The molecule has 0 spiro atoms. The largest absolute Gasteiger partial charge is 0.461 e. The van der Waals surface area contributed by atoms with Gasteiger partial charge in [-0.2, -0.15) is 0 Å². The smallest absolute Gasteiger partial charge is 0.210 e. The van der Waals surface area contributed by atoms with Gasteiger partial charge in [-0.1, -0.05) is 6.07 Å². The number of carbonyl (C=O) groups is 1. The standard InChI is InChI=1S/C12H9FO3S/c13-9-3-1-4-10(7-9)17(15)8-11(14)12-5-2-6-16-12/h1-7H,8H2. The van der Waals surface area contributed by atoms with Gasteiger partial charge in [0.25, 0.3) is 0 Å². The fourth-order valence-corrected chi connectivity index (χ4v) is 2.34. The fourth-order valence-electron chi connectivity index (χ4n) is 1.32. The topological polar surface area (TPSA) is 47.3 Å². The predicted octanol–water partition coefficient (Wildman–Crippen LogP) is 2.41. The van der Waals surface area contributed by atoms with E-state index in [0.29, 0.717) is 4.90 Å². The van der Waals surface area contributed by atoms with Crippen molar-refractivity contribution in [1.29, 1.82) is 0 Å². The van der Waals surface area contributed by atoms with Gasteiger partial charge in [-0.25, -0.2) is 4.39 Å². The Bertz CT molecular complexity index is 549. The zero-order valence-electron chi connectivity index (χ0n) is 8.76. The Kier molecular flexibility index (Phi) is 3.49. The summed E-state index contributed by atoms with van der Waals surface area (Å²) in [6, 6.07) is 8.48. The summed E-state index contributed by atoms with van der Waals surface area (Å²) >= 11 is 0. The summed E-state index contributed by atoms with van der Waals surface area (Å²) in [5.41, 5.74) is 0. The molecule has 0 saturated carbocycles. The van der Waals surface area contributed by atoms with E-state index in [1.54, 1.807) is 6.07 Å². The molecule has 0 amide bonds. The number of rotatable bonds is 4.